The Morgan fingerprint density at radius 1 is 1.36 bits per heavy atom. The first kappa shape index (κ1) is 22.0. The maximum Gasteiger partial charge on any atom is 0.194 e. The van der Waals surface area contributed by atoms with E-state index >= 15 is 0 Å². The van der Waals surface area contributed by atoms with Gasteiger partial charge in [-0.15, -0.1) is 24.0 Å². The third-order valence-corrected chi connectivity index (χ3v) is 4.00. The summed E-state index contributed by atoms with van der Waals surface area (Å²) in [5.41, 5.74) is 1.16. The molecule has 1 fully saturated rings. The fourth-order valence-electron chi connectivity index (χ4n) is 2.28. The lowest BCUT2D eigenvalue weighted by Crippen LogP contribution is -2.40. The van der Waals surface area contributed by atoms with Crippen molar-refractivity contribution in [1.82, 2.24) is 15.2 Å². The van der Waals surface area contributed by atoms with E-state index in [1.807, 2.05) is 31.3 Å². The molecule has 1 aromatic rings. The Balaban J connectivity index is 0.00000312. The Kier molecular flexibility index (Phi) is 10.1. The molecule has 2 rings (SSSR count). The minimum atomic E-state index is 0. The molecular weight excluding hydrogens is 429 g/mol. The third-order valence-electron chi connectivity index (χ3n) is 4.00. The summed E-state index contributed by atoms with van der Waals surface area (Å²) in [6.07, 6.45) is 4.50. The van der Waals surface area contributed by atoms with E-state index in [1.165, 1.54) is 12.8 Å². The van der Waals surface area contributed by atoms with Gasteiger partial charge >= 0.3 is 0 Å². The van der Waals surface area contributed by atoms with Crippen LogP contribution in [0.1, 0.15) is 25.3 Å². The summed E-state index contributed by atoms with van der Waals surface area (Å²) < 4.78 is 5.72. The monoisotopic (exact) mass is 461 g/mol. The van der Waals surface area contributed by atoms with Gasteiger partial charge in [0.25, 0.3) is 0 Å². The van der Waals surface area contributed by atoms with E-state index in [0.29, 0.717) is 6.54 Å². The summed E-state index contributed by atoms with van der Waals surface area (Å²) in [7, 11) is 6.05. The van der Waals surface area contributed by atoms with Gasteiger partial charge < -0.3 is 19.9 Å². The largest absolute Gasteiger partial charge is 0.379 e. The predicted molar refractivity (Wildman–Crippen MR) is 115 cm³/mol. The molecule has 7 heteroatoms. The molecule has 0 aliphatic heterocycles. The number of aromatic nitrogens is 1. The molecule has 0 amide bonds. The van der Waals surface area contributed by atoms with E-state index in [4.69, 9.17) is 9.73 Å². The summed E-state index contributed by atoms with van der Waals surface area (Å²) >= 11 is 0. The van der Waals surface area contributed by atoms with Gasteiger partial charge in [-0.25, -0.2) is 9.98 Å². The topological polar surface area (TPSA) is 53.0 Å². The quantitative estimate of drug-likeness (QED) is 0.265. The zero-order chi connectivity index (χ0) is 17.4. The van der Waals surface area contributed by atoms with Crippen molar-refractivity contribution in [3.63, 3.8) is 0 Å². The second kappa shape index (κ2) is 11.5. The summed E-state index contributed by atoms with van der Waals surface area (Å²) in [4.78, 5) is 13.2. The van der Waals surface area contributed by atoms with Gasteiger partial charge in [0, 0.05) is 47.0 Å². The van der Waals surface area contributed by atoms with E-state index in [-0.39, 0.29) is 24.0 Å². The molecule has 1 heterocycles. The van der Waals surface area contributed by atoms with Crippen LogP contribution in [0.15, 0.2) is 23.3 Å². The van der Waals surface area contributed by atoms with Gasteiger partial charge in [-0.2, -0.15) is 0 Å². The van der Waals surface area contributed by atoms with Crippen LogP contribution in [0.25, 0.3) is 0 Å². The molecule has 0 aromatic carbocycles. The van der Waals surface area contributed by atoms with E-state index in [9.17, 15) is 0 Å². The second-order valence-corrected chi connectivity index (χ2v) is 6.53. The normalized spacial score (nSPS) is 14.0. The average molecular weight is 461 g/mol. The number of rotatable bonds is 9. The smallest absolute Gasteiger partial charge is 0.194 e. The molecule has 142 valence electrons. The van der Waals surface area contributed by atoms with Crippen LogP contribution in [-0.2, 0) is 11.3 Å². The zero-order valence-electron chi connectivity index (χ0n) is 15.9. The first-order valence-corrected chi connectivity index (χ1v) is 8.79. The third kappa shape index (κ3) is 8.22. The molecule has 1 aromatic heterocycles. The molecule has 0 atom stereocenters. The number of nitrogens with one attached hydrogen (secondary N) is 1. The molecule has 1 aliphatic rings. The van der Waals surface area contributed by atoms with Crippen molar-refractivity contribution in [3.8, 4) is 0 Å². The van der Waals surface area contributed by atoms with Crippen LogP contribution in [0.3, 0.4) is 0 Å². The Bertz CT molecular complexity index is 534. The van der Waals surface area contributed by atoms with Gasteiger partial charge in [0.05, 0.1) is 13.2 Å². The molecule has 25 heavy (non-hydrogen) atoms. The minimum absolute atomic E-state index is 0. The van der Waals surface area contributed by atoms with E-state index < -0.39 is 0 Å². The van der Waals surface area contributed by atoms with Crippen molar-refractivity contribution in [2.45, 2.75) is 26.3 Å². The van der Waals surface area contributed by atoms with Gasteiger partial charge in [0.2, 0.25) is 0 Å². The highest BCUT2D eigenvalue weighted by molar-refractivity contribution is 14.0. The van der Waals surface area contributed by atoms with Crippen LogP contribution < -0.4 is 10.2 Å². The van der Waals surface area contributed by atoms with Crippen LogP contribution in [0.5, 0.6) is 0 Å². The highest BCUT2D eigenvalue weighted by atomic mass is 127. The van der Waals surface area contributed by atoms with Crippen molar-refractivity contribution in [2.75, 3.05) is 52.3 Å². The van der Waals surface area contributed by atoms with Crippen molar-refractivity contribution in [1.29, 1.82) is 0 Å². The number of hydrogen-bond acceptors (Lipinski definition) is 4. The molecule has 0 radical (unpaired) electrons. The van der Waals surface area contributed by atoms with Crippen LogP contribution in [0.2, 0.25) is 0 Å². The van der Waals surface area contributed by atoms with Crippen molar-refractivity contribution in [2.24, 2.45) is 10.9 Å². The van der Waals surface area contributed by atoms with Crippen molar-refractivity contribution >= 4 is 35.8 Å². The first-order chi connectivity index (χ1) is 11.6. The summed E-state index contributed by atoms with van der Waals surface area (Å²) in [6, 6.07) is 4.09. The second-order valence-electron chi connectivity index (χ2n) is 6.53. The van der Waals surface area contributed by atoms with Gasteiger partial charge in [0.15, 0.2) is 5.96 Å². The summed E-state index contributed by atoms with van der Waals surface area (Å²) in [5.74, 6) is 2.68. The number of guanidine groups is 1. The highest BCUT2D eigenvalue weighted by Gasteiger charge is 2.21. The maximum atomic E-state index is 5.72. The number of pyridine rings is 1. The standard InChI is InChI=1S/C18H31N5O.HI/c1-5-19-18(23(4)10-11-24-14-15-6-7-15)21-13-16-8-9-20-17(12-16)22(2)3;/h8-9,12,15H,5-7,10-11,13-14H2,1-4H3,(H,19,21);1H. The van der Waals surface area contributed by atoms with E-state index in [0.717, 1.165) is 49.6 Å². The molecule has 0 saturated heterocycles. The fourth-order valence-corrected chi connectivity index (χ4v) is 2.28. The predicted octanol–water partition coefficient (Wildman–Crippen LogP) is 2.59. The number of anilines is 1. The molecular formula is C18H32IN5O. The minimum Gasteiger partial charge on any atom is -0.379 e. The van der Waals surface area contributed by atoms with Gasteiger partial charge in [0.1, 0.15) is 5.82 Å². The van der Waals surface area contributed by atoms with Crippen molar-refractivity contribution in [3.05, 3.63) is 23.9 Å². The molecule has 1 aliphatic carbocycles. The highest BCUT2D eigenvalue weighted by Crippen LogP contribution is 2.28. The SMILES string of the molecule is CCNC(=NCc1ccnc(N(C)C)c1)N(C)CCOCC1CC1.I. The van der Waals surface area contributed by atoms with Crippen LogP contribution in [0, 0.1) is 5.92 Å². The van der Waals surface area contributed by atoms with E-state index in [1.54, 1.807) is 0 Å². The van der Waals surface area contributed by atoms with Crippen LogP contribution >= 0.6 is 24.0 Å². The number of nitrogens with zero attached hydrogens (tertiary/aromatic N) is 4. The Hall–Kier alpha value is -1.09. The molecule has 6 nitrogen and oxygen atoms in total. The van der Waals surface area contributed by atoms with Gasteiger partial charge in [-0.3, -0.25) is 0 Å². The average Bonchev–Trinajstić information content (AvgIpc) is 3.39. The number of ether oxygens (including phenoxy) is 1. The summed E-state index contributed by atoms with van der Waals surface area (Å²) in [6.45, 7) is 6.08. The lowest BCUT2D eigenvalue weighted by Gasteiger charge is -2.22. The first-order valence-electron chi connectivity index (χ1n) is 8.79. The lowest BCUT2D eigenvalue weighted by molar-refractivity contribution is 0.115. The van der Waals surface area contributed by atoms with Crippen LogP contribution in [-0.4, -0.2) is 63.3 Å². The summed E-state index contributed by atoms with van der Waals surface area (Å²) in [5, 5.41) is 3.35. The van der Waals surface area contributed by atoms with Gasteiger partial charge in [-0.05, 0) is 43.4 Å². The molecule has 1 N–H and O–H groups in total. The Labute approximate surface area is 169 Å². The number of halogens is 1. The Morgan fingerprint density at radius 2 is 2.12 bits per heavy atom. The Morgan fingerprint density at radius 3 is 2.76 bits per heavy atom. The number of hydrogen-bond donors (Lipinski definition) is 1. The zero-order valence-corrected chi connectivity index (χ0v) is 18.2. The molecule has 0 spiro atoms. The van der Waals surface area contributed by atoms with E-state index in [2.05, 4.69) is 35.2 Å². The number of likely N-dealkylation sites (N-methyl/N-ethyl adjacent to an activating group) is 1. The molecule has 0 unspecified atom stereocenters. The van der Waals surface area contributed by atoms with Gasteiger partial charge in [-0.1, -0.05) is 0 Å². The van der Waals surface area contributed by atoms with Crippen molar-refractivity contribution < 1.29 is 4.74 Å². The fraction of sp³-hybridized carbons (Fsp3) is 0.667. The lowest BCUT2D eigenvalue weighted by atomic mass is 10.2. The maximum absolute atomic E-state index is 5.72. The molecule has 0 bridgehead atoms. The van der Waals surface area contributed by atoms with Crippen LogP contribution in [0.4, 0.5) is 5.82 Å². The molecule has 1 saturated carbocycles. The number of aliphatic imine (C=N–C) groups is 1.